The molecule has 4 N–H and O–H groups in total. The molecule has 23 heavy (non-hydrogen) atoms. The first-order valence-electron chi connectivity index (χ1n) is 6.37. The normalized spacial score (nSPS) is 10.9. The number of nitrogens with one attached hydrogen (secondary N) is 2. The van der Waals surface area contributed by atoms with Crippen LogP contribution < -0.4 is 25.8 Å². The van der Waals surface area contributed by atoms with Gasteiger partial charge in [0.2, 0.25) is 5.91 Å². The number of halogens is 3. The third kappa shape index (κ3) is 5.02. The van der Waals surface area contributed by atoms with Crippen LogP contribution in [-0.4, -0.2) is 38.8 Å². The van der Waals surface area contributed by atoms with Crippen molar-refractivity contribution in [1.82, 2.24) is 0 Å². The van der Waals surface area contributed by atoms with Crippen molar-refractivity contribution in [1.29, 1.82) is 0 Å². The molecule has 1 aromatic carbocycles. The van der Waals surface area contributed by atoms with Crippen LogP contribution in [0.4, 0.5) is 24.5 Å². The highest BCUT2D eigenvalue weighted by Gasteiger charge is 2.39. The fraction of sp³-hybridized carbons (Fsp3) is 0.385. The van der Waals surface area contributed by atoms with E-state index in [0.717, 1.165) is 6.07 Å². The number of carbonyl (C=O) groups excluding carboxylic acids is 2. The molecule has 0 unspecified atom stereocenters. The second-order valence-electron chi connectivity index (χ2n) is 4.29. The molecule has 0 fully saturated rings. The number of ether oxygens (including phenoxy) is 2. The molecule has 0 saturated heterocycles. The molecule has 0 aliphatic carbocycles. The maximum absolute atomic E-state index is 12.4. The molecule has 0 bridgehead atoms. The van der Waals surface area contributed by atoms with Crippen LogP contribution in [0.5, 0.6) is 11.5 Å². The summed E-state index contributed by atoms with van der Waals surface area (Å²) in [6.45, 7) is 0.0589. The van der Waals surface area contributed by atoms with Crippen molar-refractivity contribution in [2.75, 3.05) is 31.4 Å². The van der Waals surface area contributed by atoms with E-state index in [0.29, 0.717) is 0 Å². The number of alkyl halides is 3. The monoisotopic (exact) mass is 335 g/mol. The van der Waals surface area contributed by atoms with Crippen LogP contribution in [0.3, 0.4) is 0 Å². The van der Waals surface area contributed by atoms with Crippen molar-refractivity contribution in [3.63, 3.8) is 0 Å². The van der Waals surface area contributed by atoms with Gasteiger partial charge in [0.25, 0.3) is 0 Å². The van der Waals surface area contributed by atoms with E-state index in [1.807, 2.05) is 0 Å². The van der Waals surface area contributed by atoms with Gasteiger partial charge in [-0.2, -0.15) is 13.2 Å². The number of hydrogen-bond donors (Lipinski definition) is 3. The van der Waals surface area contributed by atoms with Gasteiger partial charge in [-0.3, -0.25) is 9.59 Å². The smallest absolute Gasteiger partial charge is 0.471 e. The molecular formula is C13H16F3N3O4. The fourth-order valence-electron chi connectivity index (χ4n) is 1.62. The summed E-state index contributed by atoms with van der Waals surface area (Å²) in [5, 5.41) is 4.04. The van der Waals surface area contributed by atoms with Gasteiger partial charge in [0, 0.05) is 25.1 Å². The lowest BCUT2D eigenvalue weighted by Crippen LogP contribution is -2.30. The van der Waals surface area contributed by atoms with Gasteiger partial charge in [-0.25, -0.2) is 0 Å². The van der Waals surface area contributed by atoms with Crippen molar-refractivity contribution < 1.29 is 32.2 Å². The Morgan fingerprint density at radius 1 is 1.09 bits per heavy atom. The first-order chi connectivity index (χ1) is 10.7. The minimum atomic E-state index is -5.08. The van der Waals surface area contributed by atoms with E-state index < -0.39 is 18.0 Å². The summed E-state index contributed by atoms with van der Waals surface area (Å²) in [5.74, 6) is -2.45. The van der Waals surface area contributed by atoms with Crippen LogP contribution in [0.15, 0.2) is 12.1 Å². The molecule has 2 amide bonds. The fourth-order valence-corrected chi connectivity index (χ4v) is 1.62. The van der Waals surface area contributed by atoms with Crippen LogP contribution in [0.25, 0.3) is 0 Å². The second-order valence-corrected chi connectivity index (χ2v) is 4.29. The number of rotatable bonds is 6. The molecule has 0 aliphatic rings. The van der Waals surface area contributed by atoms with E-state index in [1.165, 1.54) is 20.3 Å². The molecule has 10 heteroatoms. The van der Waals surface area contributed by atoms with Gasteiger partial charge in [-0.15, -0.1) is 0 Å². The van der Waals surface area contributed by atoms with Crippen LogP contribution >= 0.6 is 0 Å². The predicted molar refractivity (Wildman–Crippen MR) is 76.5 cm³/mol. The topological polar surface area (TPSA) is 103 Å². The van der Waals surface area contributed by atoms with Crippen LogP contribution in [0.1, 0.15) is 6.42 Å². The molecule has 0 aliphatic heterocycles. The third-order valence-electron chi connectivity index (χ3n) is 2.67. The number of hydrogen-bond acceptors (Lipinski definition) is 5. The quantitative estimate of drug-likeness (QED) is 0.731. The molecule has 1 rings (SSSR count). The maximum Gasteiger partial charge on any atom is 0.471 e. The minimum Gasteiger partial charge on any atom is -0.493 e. The highest BCUT2D eigenvalue weighted by atomic mass is 19.4. The van der Waals surface area contributed by atoms with E-state index in [2.05, 4.69) is 5.32 Å². The van der Waals surface area contributed by atoms with Gasteiger partial charge in [0.05, 0.1) is 25.6 Å². The van der Waals surface area contributed by atoms with Crippen molar-refractivity contribution in [3.8, 4) is 11.5 Å². The molecular weight excluding hydrogens is 319 g/mol. The maximum atomic E-state index is 12.4. The second kappa shape index (κ2) is 7.68. The van der Waals surface area contributed by atoms with Crippen molar-refractivity contribution in [2.45, 2.75) is 12.6 Å². The lowest BCUT2D eigenvalue weighted by molar-refractivity contribution is -0.167. The average Bonchev–Trinajstić information content (AvgIpc) is 2.47. The Balaban J connectivity index is 3.22. The summed E-state index contributed by atoms with van der Waals surface area (Å²) in [7, 11) is 2.59. The summed E-state index contributed by atoms with van der Waals surface area (Å²) in [6, 6.07) is 2.35. The van der Waals surface area contributed by atoms with Crippen LogP contribution in [-0.2, 0) is 9.59 Å². The van der Waals surface area contributed by atoms with Crippen LogP contribution in [0, 0.1) is 0 Å². The largest absolute Gasteiger partial charge is 0.493 e. The molecule has 0 atom stereocenters. The Hall–Kier alpha value is -2.49. The van der Waals surface area contributed by atoms with Gasteiger partial charge >= 0.3 is 12.1 Å². The Morgan fingerprint density at radius 2 is 1.57 bits per heavy atom. The summed E-state index contributed by atoms with van der Waals surface area (Å²) in [5.41, 5.74) is 4.88. The standard InChI is InChI=1S/C13H16F3N3O4/c1-22-9-5-7(18-11(20)3-4-17)8(6-10(9)23-2)19-12(21)13(14,15)16/h5-6H,3-4,17H2,1-2H3,(H,18,20)(H,19,21). The molecule has 0 heterocycles. The van der Waals surface area contributed by atoms with Gasteiger partial charge in [-0.05, 0) is 0 Å². The Morgan fingerprint density at radius 3 is 1.96 bits per heavy atom. The van der Waals surface area contributed by atoms with E-state index in [1.54, 1.807) is 5.32 Å². The van der Waals surface area contributed by atoms with Crippen LogP contribution in [0.2, 0.25) is 0 Å². The van der Waals surface area contributed by atoms with Crippen molar-refractivity contribution in [3.05, 3.63) is 12.1 Å². The lowest BCUT2D eigenvalue weighted by Gasteiger charge is -2.17. The highest BCUT2D eigenvalue weighted by molar-refractivity contribution is 6.02. The van der Waals surface area contributed by atoms with Crippen molar-refractivity contribution in [2.24, 2.45) is 5.73 Å². The summed E-state index contributed by atoms with van der Waals surface area (Å²) < 4.78 is 47.2. The number of nitrogens with two attached hydrogens (primary N) is 1. The lowest BCUT2D eigenvalue weighted by atomic mass is 10.2. The SMILES string of the molecule is COc1cc(NC(=O)CCN)c(NC(=O)C(F)(F)F)cc1OC. The Kier molecular flexibility index (Phi) is 6.19. The number of methoxy groups -OCH3 is 2. The molecule has 7 nitrogen and oxygen atoms in total. The zero-order valence-electron chi connectivity index (χ0n) is 12.4. The zero-order valence-corrected chi connectivity index (χ0v) is 12.4. The summed E-state index contributed by atoms with van der Waals surface area (Å²) in [6.07, 6.45) is -5.12. The van der Waals surface area contributed by atoms with E-state index in [9.17, 15) is 22.8 Å². The summed E-state index contributed by atoms with van der Waals surface area (Å²) in [4.78, 5) is 22.7. The number of benzene rings is 1. The first kappa shape index (κ1) is 18.6. The van der Waals surface area contributed by atoms with Gasteiger partial charge in [0.15, 0.2) is 11.5 Å². The molecule has 0 spiro atoms. The van der Waals surface area contributed by atoms with E-state index >= 15 is 0 Å². The van der Waals surface area contributed by atoms with Crippen molar-refractivity contribution >= 4 is 23.2 Å². The average molecular weight is 335 g/mol. The molecule has 0 saturated carbocycles. The zero-order chi connectivity index (χ0) is 17.6. The first-order valence-corrected chi connectivity index (χ1v) is 6.37. The third-order valence-corrected chi connectivity index (χ3v) is 2.67. The Labute approximate surface area is 129 Å². The molecule has 128 valence electrons. The molecule has 0 radical (unpaired) electrons. The molecule has 0 aromatic heterocycles. The van der Waals surface area contributed by atoms with E-state index in [-0.39, 0.29) is 35.8 Å². The summed E-state index contributed by atoms with van der Waals surface area (Å²) >= 11 is 0. The number of anilines is 2. The Bertz CT molecular complexity index is 591. The highest BCUT2D eigenvalue weighted by Crippen LogP contribution is 2.37. The molecule has 1 aromatic rings. The van der Waals surface area contributed by atoms with Gasteiger partial charge in [0.1, 0.15) is 0 Å². The number of amides is 2. The minimum absolute atomic E-state index is 0.0407. The number of carbonyl (C=O) groups is 2. The van der Waals surface area contributed by atoms with Gasteiger partial charge in [-0.1, -0.05) is 0 Å². The van der Waals surface area contributed by atoms with Gasteiger partial charge < -0.3 is 25.8 Å². The van der Waals surface area contributed by atoms with E-state index in [4.69, 9.17) is 15.2 Å². The predicted octanol–water partition coefficient (Wildman–Crippen LogP) is 1.49.